The zero-order valence-electron chi connectivity index (χ0n) is 25.9. The van der Waals surface area contributed by atoms with Crippen molar-refractivity contribution in [1.82, 2.24) is 24.6 Å². The Bertz CT molecular complexity index is 2090. The van der Waals surface area contributed by atoms with Crippen LogP contribution in [0.5, 0.6) is 0 Å². The van der Waals surface area contributed by atoms with Crippen molar-refractivity contribution >= 4 is 39.2 Å². The molecule has 4 aromatic carbocycles. The van der Waals surface area contributed by atoms with Gasteiger partial charge in [0.1, 0.15) is 23.6 Å². The molecule has 1 fully saturated rings. The number of benzene rings is 4. The molecule has 1 amide bonds. The van der Waals surface area contributed by atoms with Crippen LogP contribution in [0.25, 0.3) is 21.9 Å². The number of ether oxygens (including phenoxy) is 1. The summed E-state index contributed by atoms with van der Waals surface area (Å²) in [7, 11) is 1.29. The van der Waals surface area contributed by atoms with Gasteiger partial charge in [0, 0.05) is 31.5 Å². The summed E-state index contributed by atoms with van der Waals surface area (Å²) >= 11 is 0. The molecule has 47 heavy (non-hydrogen) atoms. The van der Waals surface area contributed by atoms with E-state index in [0.717, 1.165) is 53.7 Å². The van der Waals surface area contributed by atoms with Crippen LogP contribution in [0.15, 0.2) is 102 Å². The summed E-state index contributed by atoms with van der Waals surface area (Å²) < 4.78 is 8.14. The molecule has 11 heteroatoms. The largest absolute Gasteiger partial charge is 0.380 e. The maximum Gasteiger partial charge on any atom is 0.276 e. The summed E-state index contributed by atoms with van der Waals surface area (Å²) in [5.74, 6) is -0.0114. The Morgan fingerprint density at radius 3 is 2.57 bits per heavy atom. The molecular formula is C36H35N7O4. The van der Waals surface area contributed by atoms with E-state index in [0.29, 0.717) is 39.6 Å². The first-order chi connectivity index (χ1) is 23.0. The maximum absolute atomic E-state index is 13.7. The summed E-state index contributed by atoms with van der Waals surface area (Å²) in [5.41, 5.74) is 5.77. The number of H-pyrrole nitrogens is 1. The monoisotopic (exact) mass is 629 g/mol. The Hall–Kier alpha value is -5.52. The Morgan fingerprint density at radius 1 is 1.02 bits per heavy atom. The van der Waals surface area contributed by atoms with Crippen molar-refractivity contribution in [1.29, 1.82) is 0 Å². The van der Waals surface area contributed by atoms with Gasteiger partial charge in [0.05, 0.1) is 28.4 Å². The van der Waals surface area contributed by atoms with Crippen LogP contribution in [0.3, 0.4) is 0 Å². The highest BCUT2D eigenvalue weighted by molar-refractivity contribution is 5.93. The van der Waals surface area contributed by atoms with Gasteiger partial charge in [-0.05, 0) is 66.8 Å². The Kier molecular flexibility index (Phi) is 8.38. The van der Waals surface area contributed by atoms with Crippen LogP contribution in [0.4, 0.5) is 11.4 Å². The second-order valence-electron chi connectivity index (χ2n) is 11.7. The lowest BCUT2D eigenvalue weighted by molar-refractivity contribution is -0.0374. The Balaban J connectivity index is 1.20. The number of para-hydroxylation sites is 1. The highest BCUT2D eigenvalue weighted by atomic mass is 16.5. The molecule has 3 heterocycles. The highest BCUT2D eigenvalue weighted by Crippen LogP contribution is 2.33. The van der Waals surface area contributed by atoms with Gasteiger partial charge < -0.3 is 24.9 Å². The molecule has 0 radical (unpaired) electrons. The molecule has 1 unspecified atom stereocenters. The molecule has 0 bridgehead atoms. The van der Waals surface area contributed by atoms with E-state index < -0.39 is 11.9 Å². The van der Waals surface area contributed by atoms with Crippen molar-refractivity contribution in [3.8, 4) is 0 Å². The molecule has 0 saturated carbocycles. The number of anilines is 2. The van der Waals surface area contributed by atoms with E-state index in [1.54, 1.807) is 24.3 Å². The standard InChI is InChI=1S/C36H35N7O4/c1-42(46)36(45)25-18-16-23(17-19-25)21-37-26-11-7-12-27-31(26)35(44)41-34(40-27)32(24-9-3-2-4-10-24)39-28-13-8-14-29-33(28)38-22-43(29)30-15-5-6-20-47-30/h2-4,7-14,16-19,22,30,32,37,39,46H,5-6,15,20-21H2,1H3,(H,40,41,44)/t30?,32-/m0/s1. The van der Waals surface area contributed by atoms with E-state index in [1.807, 2.05) is 67.0 Å². The van der Waals surface area contributed by atoms with Crippen LogP contribution in [-0.2, 0) is 11.3 Å². The molecule has 4 N–H and O–H groups in total. The van der Waals surface area contributed by atoms with E-state index in [-0.39, 0.29) is 11.8 Å². The molecule has 0 spiro atoms. The van der Waals surface area contributed by atoms with E-state index >= 15 is 0 Å². The fourth-order valence-electron chi connectivity index (χ4n) is 6.10. The van der Waals surface area contributed by atoms with Crippen LogP contribution in [0, 0.1) is 0 Å². The lowest BCUT2D eigenvalue weighted by Gasteiger charge is -2.24. The average molecular weight is 630 g/mol. The molecule has 238 valence electrons. The normalized spacial score (nSPS) is 15.4. The lowest BCUT2D eigenvalue weighted by atomic mass is 10.0. The molecule has 1 saturated heterocycles. The van der Waals surface area contributed by atoms with Gasteiger partial charge in [-0.2, -0.15) is 0 Å². The van der Waals surface area contributed by atoms with E-state index in [4.69, 9.17) is 14.7 Å². The number of nitrogens with zero attached hydrogens (tertiary/aromatic N) is 4. The van der Waals surface area contributed by atoms with E-state index in [1.165, 1.54) is 7.05 Å². The number of rotatable bonds is 9. The topological polar surface area (TPSA) is 137 Å². The number of carbonyl (C=O) groups is 1. The van der Waals surface area contributed by atoms with E-state index in [9.17, 15) is 14.8 Å². The average Bonchev–Trinajstić information content (AvgIpc) is 3.55. The van der Waals surface area contributed by atoms with Gasteiger partial charge in [0.2, 0.25) is 0 Å². The first-order valence-corrected chi connectivity index (χ1v) is 15.7. The zero-order chi connectivity index (χ0) is 32.3. The fourth-order valence-corrected chi connectivity index (χ4v) is 6.10. The van der Waals surface area contributed by atoms with Gasteiger partial charge in [-0.15, -0.1) is 0 Å². The van der Waals surface area contributed by atoms with Gasteiger partial charge >= 0.3 is 0 Å². The second-order valence-corrected chi connectivity index (χ2v) is 11.7. The van der Waals surface area contributed by atoms with Gasteiger partial charge in [-0.1, -0.05) is 54.6 Å². The molecule has 1 aliphatic heterocycles. The molecule has 7 rings (SSSR count). The van der Waals surface area contributed by atoms with Crippen molar-refractivity contribution in [3.63, 3.8) is 0 Å². The van der Waals surface area contributed by atoms with Crippen LogP contribution in [-0.4, -0.2) is 49.4 Å². The summed E-state index contributed by atoms with van der Waals surface area (Å²) in [6, 6.07) is 27.9. The minimum Gasteiger partial charge on any atom is -0.380 e. The highest BCUT2D eigenvalue weighted by Gasteiger charge is 2.23. The quantitative estimate of drug-likeness (QED) is 0.109. The minimum atomic E-state index is -0.490. The maximum atomic E-state index is 13.7. The summed E-state index contributed by atoms with van der Waals surface area (Å²) in [5, 5.41) is 17.4. The molecule has 2 atom stereocenters. The smallest absolute Gasteiger partial charge is 0.276 e. The number of hydrogen-bond acceptors (Lipinski definition) is 8. The SMILES string of the molecule is CN(O)C(=O)c1ccc(CNc2cccc3nc([C@@H](Nc4cccc5c4ncn5C4CCCCO4)c4ccccc4)[nH]c(=O)c23)cc1. The predicted octanol–water partition coefficient (Wildman–Crippen LogP) is 6.25. The lowest BCUT2D eigenvalue weighted by Crippen LogP contribution is -2.22. The number of aromatic nitrogens is 4. The molecule has 0 aliphatic carbocycles. The summed E-state index contributed by atoms with van der Waals surface area (Å²) in [6.07, 6.45) is 4.95. The third-order valence-corrected chi connectivity index (χ3v) is 8.51. The molecule has 6 aromatic rings. The van der Waals surface area contributed by atoms with Gasteiger partial charge in [0.15, 0.2) is 0 Å². The van der Waals surface area contributed by atoms with Crippen LogP contribution >= 0.6 is 0 Å². The molecule has 2 aromatic heterocycles. The number of nitrogens with one attached hydrogen (secondary N) is 3. The number of hydrogen-bond donors (Lipinski definition) is 4. The first-order valence-electron chi connectivity index (χ1n) is 15.7. The van der Waals surface area contributed by atoms with Crippen molar-refractivity contribution in [2.75, 3.05) is 24.3 Å². The fraction of sp³-hybridized carbons (Fsp3) is 0.222. The van der Waals surface area contributed by atoms with Gasteiger partial charge in [0.25, 0.3) is 11.5 Å². The molecule has 1 aliphatic rings. The summed E-state index contributed by atoms with van der Waals surface area (Å²) in [6.45, 7) is 1.16. The number of fused-ring (bicyclic) bond motifs is 2. The van der Waals surface area contributed by atoms with Crippen LogP contribution < -0.4 is 16.2 Å². The number of hydroxylamine groups is 2. The minimum absolute atomic E-state index is 0.0351. The number of aromatic amines is 1. The molecular weight excluding hydrogens is 594 g/mol. The predicted molar refractivity (Wildman–Crippen MR) is 180 cm³/mol. The third-order valence-electron chi connectivity index (χ3n) is 8.51. The van der Waals surface area contributed by atoms with E-state index in [2.05, 4.69) is 26.3 Å². The number of amides is 1. The Labute approximate surface area is 270 Å². The van der Waals surface area contributed by atoms with Crippen molar-refractivity contribution < 1.29 is 14.7 Å². The Morgan fingerprint density at radius 2 is 1.81 bits per heavy atom. The second kappa shape index (κ2) is 13.1. The van der Waals surface area contributed by atoms with Gasteiger partial charge in [-0.25, -0.2) is 15.0 Å². The third kappa shape index (κ3) is 6.18. The van der Waals surface area contributed by atoms with Crippen LogP contribution in [0.2, 0.25) is 0 Å². The first kappa shape index (κ1) is 30.2. The number of imidazole rings is 1. The molecule has 11 nitrogen and oxygen atoms in total. The zero-order valence-corrected chi connectivity index (χ0v) is 25.9. The summed E-state index contributed by atoms with van der Waals surface area (Å²) in [4.78, 5) is 38.5. The van der Waals surface area contributed by atoms with Gasteiger partial charge in [-0.3, -0.25) is 14.8 Å². The van der Waals surface area contributed by atoms with Crippen molar-refractivity contribution in [2.24, 2.45) is 0 Å². The van der Waals surface area contributed by atoms with Crippen LogP contribution in [0.1, 0.15) is 58.8 Å². The van der Waals surface area contributed by atoms with Crippen molar-refractivity contribution in [2.45, 2.75) is 38.1 Å². The number of carbonyl (C=O) groups excluding carboxylic acids is 1. The van der Waals surface area contributed by atoms with Crippen molar-refractivity contribution in [3.05, 3.63) is 130 Å².